The van der Waals surface area contributed by atoms with Crippen LogP contribution in [0.3, 0.4) is 0 Å². The molecule has 2 heteroatoms. The Morgan fingerprint density at radius 1 is 1.36 bits per heavy atom. The summed E-state index contributed by atoms with van der Waals surface area (Å²) in [7, 11) is 0. The topological polar surface area (TPSA) is 20.2 Å². The van der Waals surface area contributed by atoms with Gasteiger partial charge in [0.15, 0.2) is 0 Å². The smallest absolute Gasteiger partial charge is 0.0805 e. The summed E-state index contributed by atoms with van der Waals surface area (Å²) in [5.41, 5.74) is 1.30. The number of hydrogen-bond donors (Lipinski definition) is 1. The van der Waals surface area contributed by atoms with Crippen LogP contribution in [0.4, 0.5) is 0 Å². The minimum Gasteiger partial charge on any atom is -0.388 e. The molecular weight excluding hydrogens is 192 g/mol. The fraction of sp³-hybridized carbons (Fsp3) is 0.667. The number of rotatable bonds is 2. The standard InChI is InChI=1S/C12H20OS/c1-8-6-10(9(2)14-8)11(13)7-12(3,4)5/h6,11,13H,7H2,1-5H3. The Morgan fingerprint density at radius 3 is 2.29 bits per heavy atom. The van der Waals surface area contributed by atoms with E-state index in [1.807, 2.05) is 0 Å². The van der Waals surface area contributed by atoms with E-state index in [-0.39, 0.29) is 11.5 Å². The SMILES string of the molecule is Cc1cc(C(O)CC(C)(C)C)c(C)s1. The molecule has 0 aliphatic rings. The Hall–Kier alpha value is -0.340. The molecule has 0 fully saturated rings. The molecule has 0 saturated carbocycles. The Bertz CT molecular complexity index is 307. The largest absolute Gasteiger partial charge is 0.388 e. The lowest BCUT2D eigenvalue weighted by Gasteiger charge is -2.22. The molecule has 0 amide bonds. The van der Waals surface area contributed by atoms with Crippen LogP contribution in [0.15, 0.2) is 6.07 Å². The summed E-state index contributed by atoms with van der Waals surface area (Å²) in [5, 5.41) is 10.1. The van der Waals surface area contributed by atoms with Crippen molar-refractivity contribution in [1.29, 1.82) is 0 Å². The molecule has 14 heavy (non-hydrogen) atoms. The molecule has 1 nitrogen and oxygen atoms in total. The van der Waals surface area contributed by atoms with Crippen LogP contribution in [0.5, 0.6) is 0 Å². The number of aryl methyl sites for hydroxylation is 2. The summed E-state index contributed by atoms with van der Waals surface area (Å²) < 4.78 is 0. The van der Waals surface area contributed by atoms with Crippen LogP contribution in [0.2, 0.25) is 0 Å². The van der Waals surface area contributed by atoms with Crippen molar-refractivity contribution in [3.05, 3.63) is 21.4 Å². The Labute approximate surface area is 90.8 Å². The molecule has 0 aromatic carbocycles. The second kappa shape index (κ2) is 4.03. The number of hydrogen-bond acceptors (Lipinski definition) is 2. The van der Waals surface area contributed by atoms with E-state index < -0.39 is 0 Å². The third-order valence-corrected chi connectivity index (χ3v) is 3.23. The van der Waals surface area contributed by atoms with Crippen molar-refractivity contribution >= 4 is 11.3 Å². The molecule has 1 atom stereocenters. The molecule has 1 aromatic rings. The summed E-state index contributed by atoms with van der Waals surface area (Å²) in [5.74, 6) is 0. The van der Waals surface area contributed by atoms with Gasteiger partial charge in [-0.15, -0.1) is 11.3 Å². The van der Waals surface area contributed by atoms with Gasteiger partial charge in [-0.25, -0.2) is 0 Å². The van der Waals surface area contributed by atoms with Crippen molar-refractivity contribution in [2.75, 3.05) is 0 Å². The average molecular weight is 212 g/mol. The monoisotopic (exact) mass is 212 g/mol. The van der Waals surface area contributed by atoms with E-state index in [0.29, 0.717) is 0 Å². The van der Waals surface area contributed by atoms with Crippen molar-refractivity contribution in [3.63, 3.8) is 0 Å². The lowest BCUT2D eigenvalue weighted by Crippen LogP contribution is -2.11. The van der Waals surface area contributed by atoms with Gasteiger partial charge in [0.25, 0.3) is 0 Å². The zero-order valence-electron chi connectivity index (χ0n) is 9.72. The first-order chi connectivity index (χ1) is 6.29. The van der Waals surface area contributed by atoms with Crippen molar-refractivity contribution in [2.45, 2.75) is 47.1 Å². The van der Waals surface area contributed by atoms with Crippen LogP contribution in [-0.4, -0.2) is 5.11 Å². The third-order valence-electron chi connectivity index (χ3n) is 2.24. The molecule has 80 valence electrons. The van der Waals surface area contributed by atoms with Gasteiger partial charge in [0.1, 0.15) is 0 Å². The molecule has 1 unspecified atom stereocenters. The highest BCUT2D eigenvalue weighted by Crippen LogP contribution is 2.33. The quantitative estimate of drug-likeness (QED) is 0.790. The van der Waals surface area contributed by atoms with Crippen molar-refractivity contribution in [2.24, 2.45) is 5.41 Å². The highest BCUT2D eigenvalue weighted by Gasteiger charge is 2.20. The fourth-order valence-electron chi connectivity index (χ4n) is 1.67. The first-order valence-electron chi connectivity index (χ1n) is 5.04. The first kappa shape index (κ1) is 11.7. The Morgan fingerprint density at radius 2 is 1.93 bits per heavy atom. The number of aliphatic hydroxyl groups excluding tert-OH is 1. The third kappa shape index (κ3) is 3.10. The zero-order valence-corrected chi connectivity index (χ0v) is 10.5. The van der Waals surface area contributed by atoms with Gasteiger partial charge in [0.05, 0.1) is 6.10 Å². The zero-order chi connectivity index (χ0) is 10.9. The van der Waals surface area contributed by atoms with Gasteiger partial charge in [-0.05, 0) is 37.3 Å². The molecule has 0 aliphatic carbocycles. The second-order valence-corrected chi connectivity index (χ2v) is 6.61. The van der Waals surface area contributed by atoms with Gasteiger partial charge in [-0.3, -0.25) is 0 Å². The van der Waals surface area contributed by atoms with E-state index in [1.165, 1.54) is 9.75 Å². The normalized spacial score (nSPS) is 14.4. The van der Waals surface area contributed by atoms with Gasteiger partial charge in [-0.1, -0.05) is 20.8 Å². The maximum absolute atomic E-state index is 10.1. The molecule has 1 rings (SSSR count). The van der Waals surface area contributed by atoms with E-state index in [9.17, 15) is 5.11 Å². The van der Waals surface area contributed by atoms with Crippen LogP contribution in [0, 0.1) is 19.3 Å². The summed E-state index contributed by atoms with van der Waals surface area (Å²) in [4.78, 5) is 2.53. The molecule has 1 N–H and O–H groups in total. The first-order valence-corrected chi connectivity index (χ1v) is 5.86. The fourth-order valence-corrected chi connectivity index (χ4v) is 2.65. The van der Waals surface area contributed by atoms with E-state index in [1.54, 1.807) is 11.3 Å². The summed E-state index contributed by atoms with van der Waals surface area (Å²) in [6.07, 6.45) is 0.518. The van der Waals surface area contributed by atoms with Crippen LogP contribution >= 0.6 is 11.3 Å². The van der Waals surface area contributed by atoms with Crippen LogP contribution < -0.4 is 0 Å². The average Bonchev–Trinajstić information content (AvgIpc) is 2.26. The van der Waals surface area contributed by atoms with Crippen molar-refractivity contribution in [1.82, 2.24) is 0 Å². The lowest BCUT2D eigenvalue weighted by molar-refractivity contribution is 0.122. The molecule has 0 radical (unpaired) electrons. The summed E-state index contributed by atoms with van der Waals surface area (Å²) >= 11 is 1.76. The molecule has 0 spiro atoms. The molecule has 0 saturated heterocycles. The van der Waals surface area contributed by atoms with Crippen molar-refractivity contribution < 1.29 is 5.11 Å². The summed E-state index contributed by atoms with van der Waals surface area (Å²) in [6, 6.07) is 2.11. The van der Waals surface area contributed by atoms with Crippen LogP contribution in [0.1, 0.15) is 48.6 Å². The molecule has 0 bridgehead atoms. The van der Waals surface area contributed by atoms with Gasteiger partial charge in [0.2, 0.25) is 0 Å². The molecule has 1 heterocycles. The molecule has 1 aromatic heterocycles. The second-order valence-electron chi connectivity index (χ2n) is 5.15. The molecule has 0 aliphatic heterocycles. The highest BCUT2D eigenvalue weighted by molar-refractivity contribution is 7.12. The van der Waals surface area contributed by atoms with Gasteiger partial charge >= 0.3 is 0 Å². The van der Waals surface area contributed by atoms with Crippen LogP contribution in [0.25, 0.3) is 0 Å². The van der Waals surface area contributed by atoms with Crippen molar-refractivity contribution in [3.8, 4) is 0 Å². The van der Waals surface area contributed by atoms with Gasteiger partial charge in [0, 0.05) is 9.75 Å². The van der Waals surface area contributed by atoms with Gasteiger partial charge in [-0.2, -0.15) is 0 Å². The Kier molecular flexibility index (Phi) is 3.38. The van der Waals surface area contributed by atoms with E-state index in [2.05, 4.69) is 40.7 Å². The van der Waals surface area contributed by atoms with E-state index >= 15 is 0 Å². The number of aliphatic hydroxyl groups is 1. The van der Waals surface area contributed by atoms with E-state index in [0.717, 1.165) is 12.0 Å². The maximum atomic E-state index is 10.1. The predicted molar refractivity (Wildman–Crippen MR) is 62.8 cm³/mol. The number of thiophene rings is 1. The lowest BCUT2D eigenvalue weighted by atomic mass is 9.87. The predicted octanol–water partition coefficient (Wildman–Crippen LogP) is 3.83. The van der Waals surface area contributed by atoms with Gasteiger partial charge < -0.3 is 5.11 Å². The molecular formula is C12H20OS. The van der Waals surface area contributed by atoms with Crippen LogP contribution in [-0.2, 0) is 0 Å². The Balaban J connectivity index is 2.79. The van der Waals surface area contributed by atoms with E-state index in [4.69, 9.17) is 0 Å². The highest BCUT2D eigenvalue weighted by atomic mass is 32.1. The minimum absolute atomic E-state index is 0.182. The summed E-state index contributed by atoms with van der Waals surface area (Å²) in [6.45, 7) is 10.6. The minimum atomic E-state index is -0.306. The maximum Gasteiger partial charge on any atom is 0.0805 e.